The van der Waals surface area contributed by atoms with Crippen molar-refractivity contribution in [1.29, 1.82) is 0 Å². The molecule has 1 saturated carbocycles. The summed E-state index contributed by atoms with van der Waals surface area (Å²) in [5.74, 6) is 0.750. The molecule has 0 saturated heterocycles. The fraction of sp³-hybridized carbons (Fsp3) is 0.714. The molecule has 1 aromatic heterocycles. The van der Waals surface area contributed by atoms with Gasteiger partial charge >= 0.3 is 0 Å². The Balaban J connectivity index is 1.96. The molecule has 0 bridgehead atoms. The second kappa shape index (κ2) is 7.04. The van der Waals surface area contributed by atoms with Crippen LogP contribution in [-0.2, 0) is 4.74 Å². The van der Waals surface area contributed by atoms with Crippen LogP contribution in [0.2, 0.25) is 0 Å². The third kappa shape index (κ3) is 3.80. The van der Waals surface area contributed by atoms with E-state index in [1.54, 1.807) is 11.3 Å². The van der Waals surface area contributed by atoms with Crippen LogP contribution >= 0.6 is 27.3 Å². The smallest absolute Gasteiger partial charge is 0.107 e. The Kier molecular flexibility index (Phi) is 5.67. The van der Waals surface area contributed by atoms with E-state index in [9.17, 15) is 0 Å². The lowest BCUT2D eigenvalue weighted by molar-refractivity contribution is 0.0148. The maximum atomic E-state index is 6.21. The Morgan fingerprint density at radius 2 is 2.22 bits per heavy atom. The van der Waals surface area contributed by atoms with Gasteiger partial charge in [-0.05, 0) is 47.2 Å². The lowest BCUT2D eigenvalue weighted by Gasteiger charge is -2.24. The first-order chi connectivity index (χ1) is 8.70. The quantitative estimate of drug-likeness (QED) is 0.833. The van der Waals surface area contributed by atoms with Crippen LogP contribution in [0.4, 0.5) is 0 Å². The molecule has 102 valence electrons. The highest BCUT2D eigenvalue weighted by molar-refractivity contribution is 9.10. The van der Waals surface area contributed by atoms with Gasteiger partial charge < -0.3 is 10.5 Å². The van der Waals surface area contributed by atoms with Crippen molar-refractivity contribution in [3.63, 3.8) is 0 Å². The van der Waals surface area contributed by atoms with Gasteiger partial charge in [0.15, 0.2) is 0 Å². The first kappa shape index (κ1) is 14.5. The number of rotatable bonds is 6. The van der Waals surface area contributed by atoms with Crippen LogP contribution in [0.25, 0.3) is 0 Å². The van der Waals surface area contributed by atoms with Gasteiger partial charge in [0.1, 0.15) is 6.10 Å². The van der Waals surface area contributed by atoms with Gasteiger partial charge in [0.25, 0.3) is 0 Å². The fourth-order valence-corrected chi connectivity index (χ4v) is 4.09. The molecule has 2 nitrogen and oxygen atoms in total. The molecule has 4 heteroatoms. The van der Waals surface area contributed by atoms with Gasteiger partial charge in [0, 0.05) is 20.8 Å². The molecule has 1 fully saturated rings. The van der Waals surface area contributed by atoms with Crippen molar-refractivity contribution in [3.05, 3.63) is 20.8 Å². The zero-order valence-electron chi connectivity index (χ0n) is 10.9. The number of nitrogens with two attached hydrogens (primary N) is 1. The summed E-state index contributed by atoms with van der Waals surface area (Å²) < 4.78 is 7.27. The second-order valence-electron chi connectivity index (χ2n) is 5.14. The molecule has 2 rings (SSSR count). The van der Waals surface area contributed by atoms with Crippen molar-refractivity contribution >= 4 is 27.3 Å². The van der Waals surface area contributed by atoms with Crippen LogP contribution in [0.5, 0.6) is 0 Å². The molecule has 1 aromatic rings. The standard InChI is InChI=1S/C14H22BrNOS/c1-2-12(16)14(13-7-11(15)9-18-13)17-8-10-5-3-4-6-10/h7,9-10,12,14H,2-6,8,16H2,1H3. The van der Waals surface area contributed by atoms with Gasteiger partial charge in [0.05, 0.1) is 6.61 Å². The minimum atomic E-state index is 0.0619. The van der Waals surface area contributed by atoms with E-state index in [1.807, 2.05) is 0 Å². The molecule has 18 heavy (non-hydrogen) atoms. The van der Waals surface area contributed by atoms with Crippen molar-refractivity contribution in [2.45, 2.75) is 51.2 Å². The Labute approximate surface area is 122 Å². The first-order valence-corrected chi connectivity index (χ1v) is 8.49. The lowest BCUT2D eigenvalue weighted by Crippen LogP contribution is -2.30. The number of ether oxygens (including phenoxy) is 1. The molecule has 1 aliphatic carbocycles. The highest BCUT2D eigenvalue weighted by atomic mass is 79.9. The number of thiophene rings is 1. The van der Waals surface area contributed by atoms with Gasteiger partial charge in [-0.15, -0.1) is 11.3 Å². The maximum Gasteiger partial charge on any atom is 0.107 e. The fourth-order valence-electron chi connectivity index (χ4n) is 2.53. The van der Waals surface area contributed by atoms with Gasteiger partial charge in [-0.25, -0.2) is 0 Å². The molecular weight excluding hydrogens is 310 g/mol. The van der Waals surface area contributed by atoms with Crippen LogP contribution < -0.4 is 5.73 Å². The summed E-state index contributed by atoms with van der Waals surface area (Å²) in [7, 11) is 0. The van der Waals surface area contributed by atoms with Crippen molar-refractivity contribution in [3.8, 4) is 0 Å². The predicted molar refractivity (Wildman–Crippen MR) is 80.9 cm³/mol. The first-order valence-electron chi connectivity index (χ1n) is 6.81. The van der Waals surface area contributed by atoms with E-state index < -0.39 is 0 Å². The summed E-state index contributed by atoms with van der Waals surface area (Å²) in [6.45, 7) is 2.99. The van der Waals surface area contributed by atoms with Gasteiger partial charge in [0.2, 0.25) is 0 Å². The highest BCUT2D eigenvalue weighted by Crippen LogP contribution is 2.32. The topological polar surface area (TPSA) is 35.2 Å². The minimum Gasteiger partial charge on any atom is -0.371 e. The van der Waals surface area contributed by atoms with Crippen LogP contribution in [0.15, 0.2) is 15.9 Å². The van der Waals surface area contributed by atoms with E-state index in [1.165, 1.54) is 30.6 Å². The molecule has 2 N–H and O–H groups in total. The average molecular weight is 332 g/mol. The zero-order chi connectivity index (χ0) is 13.0. The van der Waals surface area contributed by atoms with E-state index in [0.29, 0.717) is 0 Å². The molecule has 2 unspecified atom stereocenters. The molecule has 1 heterocycles. The summed E-state index contributed by atoms with van der Waals surface area (Å²) >= 11 is 5.23. The predicted octanol–water partition coefficient (Wildman–Crippen LogP) is 4.50. The van der Waals surface area contributed by atoms with Gasteiger partial charge in [-0.1, -0.05) is 19.8 Å². The number of hydrogen-bond acceptors (Lipinski definition) is 3. The largest absolute Gasteiger partial charge is 0.371 e. The van der Waals surface area contributed by atoms with Gasteiger partial charge in [-0.2, -0.15) is 0 Å². The van der Waals surface area contributed by atoms with Crippen LogP contribution in [0, 0.1) is 5.92 Å². The van der Waals surface area contributed by atoms with Crippen molar-refractivity contribution < 1.29 is 4.74 Å². The summed E-state index contributed by atoms with van der Waals surface area (Å²) in [5, 5.41) is 2.10. The Bertz CT molecular complexity index is 362. The van der Waals surface area contributed by atoms with Gasteiger partial charge in [-0.3, -0.25) is 0 Å². The Hall–Kier alpha value is 0.1000. The zero-order valence-corrected chi connectivity index (χ0v) is 13.3. The molecule has 2 atom stereocenters. The van der Waals surface area contributed by atoms with E-state index in [2.05, 4.69) is 34.3 Å². The van der Waals surface area contributed by atoms with Crippen molar-refractivity contribution in [1.82, 2.24) is 0 Å². The van der Waals surface area contributed by atoms with E-state index >= 15 is 0 Å². The molecule has 0 aromatic carbocycles. The van der Waals surface area contributed by atoms with E-state index in [4.69, 9.17) is 10.5 Å². The van der Waals surface area contributed by atoms with Crippen LogP contribution in [0.1, 0.15) is 50.0 Å². The molecular formula is C14H22BrNOS. The highest BCUT2D eigenvalue weighted by Gasteiger charge is 2.23. The molecule has 0 radical (unpaired) electrons. The van der Waals surface area contributed by atoms with Crippen molar-refractivity contribution in [2.75, 3.05) is 6.61 Å². The molecule has 0 amide bonds. The van der Waals surface area contributed by atoms with E-state index in [-0.39, 0.29) is 12.1 Å². The maximum absolute atomic E-state index is 6.21. The number of hydrogen-bond donors (Lipinski definition) is 1. The van der Waals surface area contributed by atoms with Crippen LogP contribution in [-0.4, -0.2) is 12.6 Å². The summed E-state index contributed by atoms with van der Waals surface area (Å²) in [4.78, 5) is 1.24. The summed E-state index contributed by atoms with van der Waals surface area (Å²) in [6, 6.07) is 2.23. The SMILES string of the molecule is CCC(N)C(OCC1CCCC1)c1cc(Br)cs1. The third-order valence-electron chi connectivity index (χ3n) is 3.71. The normalized spacial score (nSPS) is 20.2. The third-order valence-corrected chi connectivity index (χ3v) is 5.47. The molecule has 0 spiro atoms. The summed E-state index contributed by atoms with van der Waals surface area (Å²) in [5.41, 5.74) is 6.21. The van der Waals surface area contributed by atoms with Crippen molar-refractivity contribution in [2.24, 2.45) is 11.7 Å². The summed E-state index contributed by atoms with van der Waals surface area (Å²) in [6.07, 6.45) is 6.38. The average Bonchev–Trinajstić information content (AvgIpc) is 3.01. The monoisotopic (exact) mass is 331 g/mol. The van der Waals surface area contributed by atoms with Crippen LogP contribution in [0.3, 0.4) is 0 Å². The Morgan fingerprint density at radius 3 is 2.78 bits per heavy atom. The minimum absolute atomic E-state index is 0.0619. The number of halogens is 1. The van der Waals surface area contributed by atoms with E-state index in [0.717, 1.165) is 23.4 Å². The molecule has 0 aliphatic heterocycles. The lowest BCUT2D eigenvalue weighted by atomic mass is 10.1. The Morgan fingerprint density at radius 1 is 1.50 bits per heavy atom. The second-order valence-corrected chi connectivity index (χ2v) is 7.00. The molecule has 1 aliphatic rings.